The minimum Gasteiger partial charge on any atom is -0.481 e. The van der Waals surface area contributed by atoms with Crippen molar-refractivity contribution in [3.63, 3.8) is 0 Å². The fraction of sp³-hybridized carbons (Fsp3) is 0.471. The van der Waals surface area contributed by atoms with Gasteiger partial charge in [-0.15, -0.1) is 12.4 Å². The first-order valence-electron chi connectivity index (χ1n) is 8.26. The van der Waals surface area contributed by atoms with Crippen molar-refractivity contribution >= 4 is 36.2 Å². The first kappa shape index (κ1) is 36.5. The Morgan fingerprint density at radius 3 is 1.53 bits per heavy atom. The second-order valence-electron chi connectivity index (χ2n) is 5.39. The maximum Gasteiger partial charge on any atom is 0.300 e. The molecule has 1 amide bonds. The lowest BCUT2D eigenvalue weighted by molar-refractivity contribution is -0.135. The van der Waals surface area contributed by atoms with E-state index in [0.717, 1.165) is 20.8 Å². The SMILES string of the molecule is CC(=O)O.CC(=O)O.CC(=O)O.Cl.NC(=O)c1cccnc1.OC[C@H]1OC(O)[C@H](O)[C@@H]1O. The Morgan fingerprint density at radius 1 is 0.969 bits per heavy atom. The van der Waals surface area contributed by atoms with Gasteiger partial charge in [-0.25, -0.2) is 0 Å². The van der Waals surface area contributed by atoms with Gasteiger partial charge >= 0.3 is 0 Å². The molecule has 2 heterocycles. The van der Waals surface area contributed by atoms with Crippen LogP contribution in [0.4, 0.5) is 0 Å². The number of primary amides is 1. The largest absolute Gasteiger partial charge is 0.481 e. The van der Waals surface area contributed by atoms with Gasteiger partial charge in [0, 0.05) is 33.2 Å². The summed E-state index contributed by atoms with van der Waals surface area (Å²) >= 11 is 0. The molecule has 15 heteroatoms. The number of carbonyl (C=O) groups excluding carboxylic acids is 1. The number of hydrogen-bond donors (Lipinski definition) is 8. The summed E-state index contributed by atoms with van der Waals surface area (Å²) in [6.07, 6.45) is -1.73. The van der Waals surface area contributed by atoms with Gasteiger partial charge in [-0.3, -0.25) is 24.2 Å². The first-order chi connectivity index (χ1) is 14.2. The molecule has 1 fully saturated rings. The summed E-state index contributed by atoms with van der Waals surface area (Å²) in [7, 11) is 0. The van der Waals surface area contributed by atoms with Gasteiger partial charge in [0.05, 0.1) is 12.2 Å². The Balaban J connectivity index is -0.000000163. The van der Waals surface area contributed by atoms with Crippen molar-refractivity contribution in [1.29, 1.82) is 0 Å². The number of aliphatic carboxylic acids is 3. The van der Waals surface area contributed by atoms with Gasteiger partial charge in [0.2, 0.25) is 5.91 Å². The maximum atomic E-state index is 10.4. The molecule has 0 aromatic carbocycles. The van der Waals surface area contributed by atoms with Crippen molar-refractivity contribution in [3.8, 4) is 0 Å². The third-order valence-corrected chi connectivity index (χ3v) is 2.46. The topological polar surface area (TPSA) is 258 Å². The molecule has 1 saturated heterocycles. The fourth-order valence-corrected chi connectivity index (χ4v) is 1.39. The van der Waals surface area contributed by atoms with E-state index in [1.165, 1.54) is 6.20 Å². The molecule has 0 radical (unpaired) electrons. The van der Waals surface area contributed by atoms with Crippen LogP contribution in [0.3, 0.4) is 0 Å². The Bertz CT molecular complexity index is 622. The Kier molecular flexibility index (Phi) is 24.4. The number of hydrogen-bond acceptors (Lipinski definition) is 10. The van der Waals surface area contributed by atoms with E-state index in [0.29, 0.717) is 5.56 Å². The van der Waals surface area contributed by atoms with Gasteiger partial charge in [-0.1, -0.05) is 0 Å². The lowest BCUT2D eigenvalue weighted by Gasteiger charge is -2.09. The van der Waals surface area contributed by atoms with E-state index in [4.69, 9.17) is 55.9 Å². The van der Waals surface area contributed by atoms with Gasteiger partial charge in [-0.2, -0.15) is 0 Å². The van der Waals surface area contributed by atoms with Crippen molar-refractivity contribution in [1.82, 2.24) is 4.98 Å². The van der Waals surface area contributed by atoms with E-state index < -0.39 is 55.0 Å². The van der Waals surface area contributed by atoms with Crippen LogP contribution in [0.2, 0.25) is 0 Å². The normalized spacial score (nSPS) is 19.8. The van der Waals surface area contributed by atoms with Crippen LogP contribution in [0.1, 0.15) is 31.1 Å². The van der Waals surface area contributed by atoms with E-state index in [1.54, 1.807) is 18.3 Å². The molecule has 1 unspecified atom stereocenters. The lowest BCUT2D eigenvalue weighted by Crippen LogP contribution is -2.33. The molecule has 4 atom stereocenters. The zero-order valence-electron chi connectivity index (χ0n) is 17.4. The smallest absolute Gasteiger partial charge is 0.300 e. The van der Waals surface area contributed by atoms with E-state index in [2.05, 4.69) is 9.72 Å². The standard InChI is InChI=1S/C6H6N2O.C5H10O5.3C2H4O2.ClH/c7-6(9)5-2-1-3-8-4-5;6-1-2-3(7)4(8)5(9)10-2;3*1-2(3)4;/h1-4H,(H2,7,9);2-9H,1H2;3*1H3,(H,3,4);1H/t;2-,3-,4-,5?;;;;/m.1..../s1. The van der Waals surface area contributed by atoms with Gasteiger partial charge < -0.3 is 46.2 Å². The number of amides is 1. The van der Waals surface area contributed by atoms with Crippen molar-refractivity contribution in [3.05, 3.63) is 30.1 Å². The van der Waals surface area contributed by atoms with Crippen LogP contribution in [0.25, 0.3) is 0 Å². The van der Waals surface area contributed by atoms with Crippen LogP contribution < -0.4 is 5.73 Å². The van der Waals surface area contributed by atoms with Crippen LogP contribution >= 0.6 is 12.4 Å². The average Bonchev–Trinajstić information content (AvgIpc) is 2.88. The van der Waals surface area contributed by atoms with Gasteiger partial charge in [0.15, 0.2) is 6.29 Å². The highest BCUT2D eigenvalue weighted by atomic mass is 35.5. The van der Waals surface area contributed by atoms with Crippen molar-refractivity contribution in [2.24, 2.45) is 5.73 Å². The van der Waals surface area contributed by atoms with Gasteiger partial charge in [0.25, 0.3) is 17.9 Å². The molecular formula is C17H29ClN2O12. The molecule has 0 aliphatic carbocycles. The number of aliphatic hydroxyl groups excluding tert-OH is 4. The van der Waals surface area contributed by atoms with E-state index in [-0.39, 0.29) is 12.4 Å². The Hall–Kier alpha value is -2.88. The molecular weight excluding hydrogens is 460 g/mol. The van der Waals surface area contributed by atoms with Crippen molar-refractivity contribution in [2.45, 2.75) is 45.4 Å². The molecule has 1 aromatic heterocycles. The minimum atomic E-state index is -1.38. The number of nitrogens with two attached hydrogens (primary N) is 1. The van der Waals surface area contributed by atoms with E-state index in [1.807, 2.05) is 0 Å². The summed E-state index contributed by atoms with van der Waals surface area (Å²) in [6.45, 7) is 2.84. The van der Waals surface area contributed by atoms with Gasteiger partial charge in [0.1, 0.15) is 18.3 Å². The first-order valence-corrected chi connectivity index (χ1v) is 8.26. The summed E-state index contributed by atoms with van der Waals surface area (Å²) in [5.41, 5.74) is 5.38. The minimum absolute atomic E-state index is 0. The Labute approximate surface area is 189 Å². The van der Waals surface area contributed by atoms with Crippen LogP contribution in [0, 0.1) is 0 Å². The third kappa shape index (κ3) is 25.2. The van der Waals surface area contributed by atoms with Crippen LogP contribution in [0.15, 0.2) is 24.5 Å². The zero-order valence-corrected chi connectivity index (χ0v) is 18.2. The number of nitrogens with zero attached hydrogens (tertiary/aromatic N) is 1. The van der Waals surface area contributed by atoms with Crippen molar-refractivity contribution < 1.29 is 59.7 Å². The number of aromatic nitrogens is 1. The summed E-state index contributed by atoms with van der Waals surface area (Å²) in [6, 6.07) is 3.29. The molecule has 14 nitrogen and oxygen atoms in total. The molecule has 9 N–H and O–H groups in total. The monoisotopic (exact) mass is 488 g/mol. The average molecular weight is 489 g/mol. The molecule has 1 aromatic rings. The number of rotatable bonds is 2. The van der Waals surface area contributed by atoms with Crippen LogP contribution in [-0.2, 0) is 19.1 Å². The lowest BCUT2D eigenvalue weighted by atomic mass is 10.1. The number of carboxylic acid groups (broad SMARTS) is 3. The van der Waals surface area contributed by atoms with E-state index >= 15 is 0 Å². The zero-order chi connectivity index (χ0) is 25.1. The van der Waals surface area contributed by atoms with Crippen LogP contribution in [0.5, 0.6) is 0 Å². The predicted molar refractivity (Wildman–Crippen MR) is 110 cm³/mol. The molecule has 0 saturated carbocycles. The van der Waals surface area contributed by atoms with Crippen LogP contribution in [-0.4, -0.2) is 95.8 Å². The highest BCUT2D eigenvalue weighted by Gasteiger charge is 2.41. The second kappa shape index (κ2) is 21.4. The summed E-state index contributed by atoms with van der Waals surface area (Å²) in [4.78, 5) is 41.1. The fourth-order valence-electron chi connectivity index (χ4n) is 1.39. The highest BCUT2D eigenvalue weighted by Crippen LogP contribution is 2.18. The third-order valence-electron chi connectivity index (χ3n) is 2.46. The number of halogens is 1. The quantitative estimate of drug-likeness (QED) is 0.231. The molecule has 1 aliphatic rings. The molecule has 32 heavy (non-hydrogen) atoms. The van der Waals surface area contributed by atoms with Crippen molar-refractivity contribution in [2.75, 3.05) is 6.61 Å². The number of aliphatic hydroxyl groups is 4. The molecule has 0 bridgehead atoms. The maximum absolute atomic E-state index is 10.4. The summed E-state index contributed by atoms with van der Waals surface area (Å²) in [5.74, 6) is -2.94. The molecule has 1 aliphatic heterocycles. The summed E-state index contributed by atoms with van der Waals surface area (Å²) in [5, 5.41) is 57.2. The second-order valence-corrected chi connectivity index (χ2v) is 5.39. The predicted octanol–water partition coefficient (Wildman–Crippen LogP) is -1.71. The summed E-state index contributed by atoms with van der Waals surface area (Å²) < 4.78 is 4.54. The number of pyridine rings is 1. The molecule has 0 spiro atoms. The van der Waals surface area contributed by atoms with E-state index in [9.17, 15) is 4.79 Å². The number of carboxylic acids is 3. The Morgan fingerprint density at radius 2 is 1.38 bits per heavy atom. The highest BCUT2D eigenvalue weighted by molar-refractivity contribution is 5.92. The number of carbonyl (C=O) groups is 4. The number of ether oxygens (including phenoxy) is 1. The molecule has 186 valence electrons. The van der Waals surface area contributed by atoms with Gasteiger partial charge in [-0.05, 0) is 12.1 Å². The molecule has 2 rings (SSSR count).